The molecule has 1 aliphatic rings. The highest BCUT2D eigenvalue weighted by Crippen LogP contribution is 2.16. The van der Waals surface area contributed by atoms with Crippen LogP contribution in [0.5, 0.6) is 0 Å². The van der Waals surface area contributed by atoms with E-state index in [1.165, 1.54) is 0 Å². The van der Waals surface area contributed by atoms with Crippen molar-refractivity contribution in [1.29, 1.82) is 0 Å². The lowest BCUT2D eigenvalue weighted by Crippen LogP contribution is -2.35. The highest BCUT2D eigenvalue weighted by atomic mass is 16.4. The average Bonchev–Trinajstić information content (AvgIpc) is 2.48. The molecule has 0 spiro atoms. The van der Waals surface area contributed by atoms with Crippen LogP contribution >= 0.6 is 0 Å². The van der Waals surface area contributed by atoms with E-state index in [-0.39, 0.29) is 0 Å². The third-order valence-electron chi connectivity index (χ3n) is 3.12. The lowest BCUT2D eigenvalue weighted by Gasteiger charge is -2.22. The van der Waals surface area contributed by atoms with Gasteiger partial charge in [0.2, 0.25) is 0 Å². The number of carbonyl (C=O) groups is 1. The van der Waals surface area contributed by atoms with Crippen molar-refractivity contribution >= 4 is 23.6 Å². The van der Waals surface area contributed by atoms with Gasteiger partial charge in [0.15, 0.2) is 0 Å². The van der Waals surface area contributed by atoms with Gasteiger partial charge in [-0.1, -0.05) is 26.0 Å². The number of nitrogens with one attached hydrogen (secondary N) is 1. The fourth-order valence-corrected chi connectivity index (χ4v) is 1.79. The molecule has 7 heteroatoms. The number of carboxylic acid groups (broad SMARTS) is 1. The normalized spacial score (nSPS) is 15.6. The molecule has 0 aliphatic carbocycles. The second-order valence-corrected chi connectivity index (χ2v) is 5.16. The van der Waals surface area contributed by atoms with Crippen LogP contribution in [0, 0.1) is 5.92 Å². The zero-order chi connectivity index (χ0) is 15.4. The predicted octanol–water partition coefficient (Wildman–Crippen LogP) is 0.963. The highest BCUT2D eigenvalue weighted by molar-refractivity contribution is 6.31. The smallest absolute Gasteiger partial charge is 0.320 e. The first-order valence-corrected chi connectivity index (χ1v) is 6.72. The van der Waals surface area contributed by atoms with Crippen LogP contribution in [-0.4, -0.2) is 29.0 Å². The Labute approximate surface area is 123 Å². The number of benzene rings is 1. The van der Waals surface area contributed by atoms with Crippen LogP contribution in [0.2, 0.25) is 0 Å². The van der Waals surface area contributed by atoms with E-state index in [4.69, 9.17) is 10.8 Å². The number of carboxylic acids is 1. The summed E-state index contributed by atoms with van der Waals surface area (Å²) >= 11 is 0. The number of hydrogen-bond acceptors (Lipinski definition) is 6. The summed E-state index contributed by atoms with van der Waals surface area (Å²) in [5.41, 5.74) is 10.9. The van der Waals surface area contributed by atoms with E-state index >= 15 is 0 Å². The Hall–Kier alpha value is -2.41. The van der Waals surface area contributed by atoms with Gasteiger partial charge in [0, 0.05) is 0 Å². The average molecular weight is 289 g/mol. The van der Waals surface area contributed by atoms with E-state index < -0.39 is 12.0 Å². The van der Waals surface area contributed by atoms with Crippen molar-refractivity contribution in [3.63, 3.8) is 0 Å². The monoisotopic (exact) mass is 289 g/mol. The van der Waals surface area contributed by atoms with E-state index in [1.807, 2.05) is 38.1 Å². The maximum atomic E-state index is 10.7. The van der Waals surface area contributed by atoms with Crippen LogP contribution in [0.1, 0.15) is 19.4 Å². The third kappa shape index (κ3) is 3.79. The summed E-state index contributed by atoms with van der Waals surface area (Å²) in [6, 6.07) is 6.45. The van der Waals surface area contributed by atoms with Gasteiger partial charge in [-0.2, -0.15) is 20.9 Å². The van der Waals surface area contributed by atoms with Crippen molar-refractivity contribution in [1.82, 2.24) is 5.53 Å². The molecule has 2 rings (SSSR count). The van der Waals surface area contributed by atoms with E-state index in [1.54, 1.807) is 11.3 Å². The number of anilines is 1. The van der Waals surface area contributed by atoms with E-state index in [2.05, 4.69) is 15.7 Å². The SMILES string of the molecule is CC(C)C1=NNN(c2ccc(CC(N)C(=O)O)cc2)N=C1. The molecule has 4 N–H and O–H groups in total. The number of rotatable bonds is 5. The second-order valence-electron chi connectivity index (χ2n) is 5.16. The van der Waals surface area contributed by atoms with E-state index in [0.717, 1.165) is 17.0 Å². The van der Waals surface area contributed by atoms with Crippen LogP contribution in [0.15, 0.2) is 34.5 Å². The topological polar surface area (TPSA) is 103 Å². The van der Waals surface area contributed by atoms with Crippen molar-refractivity contribution in [2.45, 2.75) is 26.3 Å². The molecule has 0 saturated carbocycles. The molecule has 1 aliphatic heterocycles. The van der Waals surface area contributed by atoms with Crippen LogP contribution < -0.4 is 16.4 Å². The summed E-state index contributed by atoms with van der Waals surface area (Å²) in [5.74, 6) is -0.694. The first-order chi connectivity index (χ1) is 9.97. The zero-order valence-corrected chi connectivity index (χ0v) is 12.0. The third-order valence-corrected chi connectivity index (χ3v) is 3.12. The summed E-state index contributed by atoms with van der Waals surface area (Å²) in [4.78, 5) is 10.7. The largest absolute Gasteiger partial charge is 0.480 e. The van der Waals surface area contributed by atoms with Crippen LogP contribution in [0.4, 0.5) is 5.69 Å². The highest BCUT2D eigenvalue weighted by Gasteiger charge is 2.14. The number of nitrogens with zero attached hydrogens (tertiary/aromatic N) is 3. The molecular weight excluding hydrogens is 270 g/mol. The predicted molar refractivity (Wildman–Crippen MR) is 82.1 cm³/mol. The van der Waals surface area contributed by atoms with Gasteiger partial charge in [-0.05, 0) is 30.0 Å². The molecule has 1 atom stereocenters. The number of hydrazine groups is 1. The minimum absolute atomic E-state index is 0.294. The van der Waals surface area contributed by atoms with Gasteiger partial charge in [-0.25, -0.2) is 0 Å². The standard InChI is InChI=1S/C14H19N5O2/c1-9(2)13-8-16-19(18-17-13)11-5-3-10(4-6-11)7-12(15)14(20)21/h3-6,8-9,12,18H,7,15H2,1-2H3,(H,20,21). The minimum Gasteiger partial charge on any atom is -0.480 e. The first-order valence-electron chi connectivity index (χ1n) is 6.72. The molecule has 1 heterocycles. The molecule has 0 fully saturated rings. The zero-order valence-electron chi connectivity index (χ0n) is 12.0. The molecule has 1 aromatic rings. The fraction of sp³-hybridized carbons (Fsp3) is 0.357. The Morgan fingerprint density at radius 1 is 1.38 bits per heavy atom. The molecule has 0 aromatic heterocycles. The Morgan fingerprint density at radius 2 is 2.05 bits per heavy atom. The molecule has 0 bridgehead atoms. The lowest BCUT2D eigenvalue weighted by atomic mass is 10.1. The Balaban J connectivity index is 2.01. The summed E-state index contributed by atoms with van der Waals surface area (Å²) in [5, 5.41) is 18.8. The summed E-state index contributed by atoms with van der Waals surface area (Å²) in [6.07, 6.45) is 2.01. The molecule has 1 unspecified atom stereocenters. The molecule has 0 radical (unpaired) electrons. The second kappa shape index (κ2) is 6.36. The van der Waals surface area contributed by atoms with Gasteiger partial charge in [-0.15, -0.1) is 0 Å². The number of hydrazone groups is 2. The number of aliphatic carboxylic acids is 1. The molecule has 0 saturated heterocycles. The van der Waals surface area contributed by atoms with Gasteiger partial charge >= 0.3 is 5.97 Å². The first kappa shape index (κ1) is 15.0. The van der Waals surface area contributed by atoms with E-state index in [0.29, 0.717) is 12.3 Å². The Kier molecular flexibility index (Phi) is 4.54. The van der Waals surface area contributed by atoms with Crippen molar-refractivity contribution in [3.05, 3.63) is 29.8 Å². The maximum absolute atomic E-state index is 10.7. The Bertz CT molecular complexity index is 565. The van der Waals surface area contributed by atoms with Crippen molar-refractivity contribution < 1.29 is 9.90 Å². The van der Waals surface area contributed by atoms with Gasteiger partial charge < -0.3 is 10.8 Å². The molecular formula is C14H19N5O2. The van der Waals surface area contributed by atoms with Gasteiger partial charge in [-0.3, -0.25) is 4.79 Å². The number of nitrogens with two attached hydrogens (primary N) is 1. The van der Waals surface area contributed by atoms with Gasteiger partial charge in [0.1, 0.15) is 6.04 Å². The fourth-order valence-electron chi connectivity index (χ4n) is 1.79. The Morgan fingerprint density at radius 3 is 2.52 bits per heavy atom. The number of hydrogen-bond donors (Lipinski definition) is 3. The van der Waals surface area contributed by atoms with E-state index in [9.17, 15) is 4.79 Å². The molecule has 112 valence electrons. The van der Waals surface area contributed by atoms with Crippen molar-refractivity contribution in [2.24, 2.45) is 21.9 Å². The quantitative estimate of drug-likeness (QED) is 0.749. The van der Waals surface area contributed by atoms with Crippen LogP contribution in [-0.2, 0) is 11.2 Å². The van der Waals surface area contributed by atoms with Crippen molar-refractivity contribution in [2.75, 3.05) is 5.12 Å². The van der Waals surface area contributed by atoms with Crippen LogP contribution in [0.3, 0.4) is 0 Å². The maximum Gasteiger partial charge on any atom is 0.320 e. The lowest BCUT2D eigenvalue weighted by molar-refractivity contribution is -0.138. The summed E-state index contributed by atoms with van der Waals surface area (Å²) in [6.45, 7) is 4.09. The van der Waals surface area contributed by atoms with Gasteiger partial charge in [0.05, 0.1) is 17.6 Å². The minimum atomic E-state index is -1.00. The molecule has 0 amide bonds. The summed E-state index contributed by atoms with van der Waals surface area (Å²) in [7, 11) is 0. The van der Waals surface area contributed by atoms with Crippen LogP contribution in [0.25, 0.3) is 0 Å². The molecule has 1 aromatic carbocycles. The van der Waals surface area contributed by atoms with Gasteiger partial charge in [0.25, 0.3) is 0 Å². The molecule has 7 nitrogen and oxygen atoms in total. The molecule has 21 heavy (non-hydrogen) atoms. The van der Waals surface area contributed by atoms with Crippen molar-refractivity contribution in [3.8, 4) is 0 Å². The summed E-state index contributed by atoms with van der Waals surface area (Å²) < 4.78 is 0.